The third kappa shape index (κ3) is 7.55. The lowest BCUT2D eigenvalue weighted by Crippen LogP contribution is -2.57. The summed E-state index contributed by atoms with van der Waals surface area (Å²) in [5, 5.41) is 5.81. The van der Waals surface area contributed by atoms with E-state index in [2.05, 4.69) is 10.6 Å². The summed E-state index contributed by atoms with van der Waals surface area (Å²) in [5.74, 6) is -0.212. The van der Waals surface area contributed by atoms with Crippen LogP contribution >= 0.6 is 0 Å². The van der Waals surface area contributed by atoms with Gasteiger partial charge in [-0.3, -0.25) is 14.5 Å². The smallest absolute Gasteiger partial charge is 0.408 e. The van der Waals surface area contributed by atoms with E-state index in [4.69, 9.17) is 4.74 Å². The molecule has 2 aromatic rings. The maximum Gasteiger partial charge on any atom is 0.408 e. The Bertz CT molecular complexity index is 1010. The number of hydrogen-bond donors (Lipinski definition) is 2. The predicted octanol–water partition coefficient (Wildman–Crippen LogP) is 3.73. The van der Waals surface area contributed by atoms with Gasteiger partial charge in [0.1, 0.15) is 12.6 Å². The van der Waals surface area contributed by atoms with Crippen LogP contribution < -0.4 is 10.6 Å². The number of carbonyl (C=O) groups is 3. The number of para-hydroxylation sites is 1. The van der Waals surface area contributed by atoms with Crippen molar-refractivity contribution in [1.29, 1.82) is 0 Å². The molecule has 8 nitrogen and oxygen atoms in total. The van der Waals surface area contributed by atoms with Crippen LogP contribution in [0.4, 0.5) is 10.5 Å². The number of anilines is 1. The fourth-order valence-electron chi connectivity index (χ4n) is 4.29. The average molecular weight is 495 g/mol. The van der Waals surface area contributed by atoms with Crippen LogP contribution in [0.2, 0.25) is 0 Å². The van der Waals surface area contributed by atoms with E-state index in [-0.39, 0.29) is 30.9 Å². The van der Waals surface area contributed by atoms with Crippen molar-refractivity contribution in [2.45, 2.75) is 46.8 Å². The molecule has 0 saturated carbocycles. The van der Waals surface area contributed by atoms with Gasteiger partial charge in [-0.15, -0.1) is 0 Å². The fraction of sp³-hybridized carbons (Fsp3) is 0.464. The summed E-state index contributed by atoms with van der Waals surface area (Å²) in [6.45, 7) is 10.5. The van der Waals surface area contributed by atoms with Crippen molar-refractivity contribution in [3.8, 4) is 0 Å². The van der Waals surface area contributed by atoms with Crippen molar-refractivity contribution < 1.29 is 19.1 Å². The number of carbonyl (C=O) groups excluding carboxylic acids is 3. The molecule has 2 atom stereocenters. The molecule has 0 bridgehead atoms. The molecule has 0 aliphatic carbocycles. The first kappa shape index (κ1) is 27.2. The molecular weight excluding hydrogens is 456 g/mol. The molecule has 194 valence electrons. The molecule has 0 radical (unpaired) electrons. The van der Waals surface area contributed by atoms with Gasteiger partial charge in [-0.1, -0.05) is 68.8 Å². The van der Waals surface area contributed by atoms with Gasteiger partial charge in [0.05, 0.1) is 6.54 Å². The zero-order valence-electron chi connectivity index (χ0n) is 21.8. The molecule has 1 fully saturated rings. The zero-order valence-corrected chi connectivity index (χ0v) is 21.8. The van der Waals surface area contributed by atoms with Crippen LogP contribution in [0.5, 0.6) is 0 Å². The van der Waals surface area contributed by atoms with Crippen molar-refractivity contribution in [2.24, 2.45) is 5.92 Å². The van der Waals surface area contributed by atoms with Crippen LogP contribution in [0.3, 0.4) is 0 Å². The third-order valence-corrected chi connectivity index (χ3v) is 6.76. The first-order valence-electron chi connectivity index (χ1n) is 12.6. The minimum Gasteiger partial charge on any atom is -0.445 e. The van der Waals surface area contributed by atoms with Gasteiger partial charge in [-0.25, -0.2) is 4.79 Å². The van der Waals surface area contributed by atoms with Crippen molar-refractivity contribution in [1.82, 2.24) is 15.1 Å². The standard InChI is InChI=1S/C28H38N4O4/c1-5-20(2)26(30-28(35)36-19-23-12-7-6-8-13-23)27(34)32-16-14-31(15-17-32)18-24(33)29-25-21(3)10-9-11-22(25)4/h6-13,20,26H,5,14-19H2,1-4H3,(H,29,33)(H,30,35)/t20-,26-/m0/s1. The van der Waals surface area contributed by atoms with Crippen LogP contribution in [0.15, 0.2) is 48.5 Å². The Morgan fingerprint density at radius 3 is 2.19 bits per heavy atom. The Labute approximate surface area is 214 Å². The number of ether oxygens (including phenoxy) is 1. The third-order valence-electron chi connectivity index (χ3n) is 6.76. The molecule has 3 rings (SSSR count). The maximum atomic E-state index is 13.3. The number of nitrogens with zero attached hydrogens (tertiary/aromatic N) is 2. The van der Waals surface area contributed by atoms with Gasteiger partial charge in [0, 0.05) is 31.9 Å². The summed E-state index contributed by atoms with van der Waals surface area (Å²) < 4.78 is 5.34. The second-order valence-electron chi connectivity index (χ2n) is 9.49. The SMILES string of the molecule is CC[C@H](C)[C@H](NC(=O)OCc1ccccc1)C(=O)N1CCN(CC(=O)Nc2c(C)cccc2C)CC1. The zero-order chi connectivity index (χ0) is 26.1. The number of rotatable bonds is 9. The molecule has 0 aromatic heterocycles. The fourth-order valence-corrected chi connectivity index (χ4v) is 4.29. The molecule has 0 spiro atoms. The van der Waals surface area contributed by atoms with Crippen LogP contribution in [-0.4, -0.2) is 66.5 Å². The maximum absolute atomic E-state index is 13.3. The van der Waals surface area contributed by atoms with Gasteiger partial charge in [0.15, 0.2) is 0 Å². The molecule has 2 aromatic carbocycles. The second kappa shape index (κ2) is 13.1. The van der Waals surface area contributed by atoms with E-state index in [0.717, 1.165) is 28.8 Å². The molecular formula is C28H38N4O4. The molecule has 2 N–H and O–H groups in total. The Balaban J connectivity index is 1.50. The monoisotopic (exact) mass is 494 g/mol. The molecule has 8 heteroatoms. The Morgan fingerprint density at radius 1 is 0.944 bits per heavy atom. The van der Waals surface area contributed by atoms with E-state index in [1.807, 2.05) is 81.1 Å². The first-order valence-corrected chi connectivity index (χ1v) is 12.6. The topological polar surface area (TPSA) is 91.0 Å². The van der Waals surface area contributed by atoms with Crippen LogP contribution in [-0.2, 0) is 20.9 Å². The number of amides is 3. The highest BCUT2D eigenvalue weighted by Gasteiger charge is 2.32. The van der Waals surface area contributed by atoms with Gasteiger partial charge >= 0.3 is 6.09 Å². The average Bonchev–Trinajstić information content (AvgIpc) is 2.88. The molecule has 36 heavy (non-hydrogen) atoms. The van der Waals surface area contributed by atoms with Crippen molar-refractivity contribution in [3.63, 3.8) is 0 Å². The normalized spacial score (nSPS) is 15.6. The second-order valence-corrected chi connectivity index (χ2v) is 9.49. The van der Waals surface area contributed by atoms with E-state index in [0.29, 0.717) is 26.2 Å². The first-order chi connectivity index (χ1) is 17.3. The van der Waals surface area contributed by atoms with E-state index in [9.17, 15) is 14.4 Å². The highest BCUT2D eigenvalue weighted by atomic mass is 16.5. The summed E-state index contributed by atoms with van der Waals surface area (Å²) in [5.41, 5.74) is 3.81. The molecule has 1 aliphatic rings. The van der Waals surface area contributed by atoms with Crippen molar-refractivity contribution in [3.05, 3.63) is 65.2 Å². The Kier molecular flexibility index (Phi) is 9.87. The number of benzene rings is 2. The predicted molar refractivity (Wildman–Crippen MR) is 141 cm³/mol. The largest absolute Gasteiger partial charge is 0.445 e. The number of alkyl carbamates (subject to hydrolysis) is 1. The van der Waals surface area contributed by atoms with Gasteiger partial charge in [-0.05, 0) is 36.5 Å². The summed E-state index contributed by atoms with van der Waals surface area (Å²) in [6.07, 6.45) is 0.146. The minimum absolute atomic E-state index is 0.0389. The summed E-state index contributed by atoms with van der Waals surface area (Å²) in [7, 11) is 0. The van der Waals surface area contributed by atoms with Gasteiger partial charge in [0.25, 0.3) is 0 Å². The van der Waals surface area contributed by atoms with Crippen LogP contribution in [0, 0.1) is 19.8 Å². The lowest BCUT2D eigenvalue weighted by atomic mass is 9.97. The Hall–Kier alpha value is -3.39. The van der Waals surface area contributed by atoms with Gasteiger partial charge in [0.2, 0.25) is 11.8 Å². The quantitative estimate of drug-likeness (QED) is 0.554. The lowest BCUT2D eigenvalue weighted by Gasteiger charge is -2.37. The number of aryl methyl sites for hydroxylation is 2. The molecule has 1 aliphatic heterocycles. The molecule has 0 unspecified atom stereocenters. The van der Waals surface area contributed by atoms with Crippen LogP contribution in [0.1, 0.15) is 37.0 Å². The molecule has 1 heterocycles. The highest BCUT2D eigenvalue weighted by Crippen LogP contribution is 2.19. The highest BCUT2D eigenvalue weighted by molar-refractivity contribution is 5.93. The summed E-state index contributed by atoms with van der Waals surface area (Å²) in [6, 6.07) is 14.7. The lowest BCUT2D eigenvalue weighted by molar-refractivity contribution is -0.136. The molecule has 3 amide bonds. The summed E-state index contributed by atoms with van der Waals surface area (Å²) >= 11 is 0. The van der Waals surface area contributed by atoms with E-state index >= 15 is 0 Å². The summed E-state index contributed by atoms with van der Waals surface area (Å²) in [4.78, 5) is 42.2. The van der Waals surface area contributed by atoms with E-state index in [1.54, 1.807) is 4.90 Å². The number of piperazine rings is 1. The van der Waals surface area contributed by atoms with E-state index in [1.165, 1.54) is 0 Å². The molecule has 1 saturated heterocycles. The van der Waals surface area contributed by atoms with E-state index < -0.39 is 12.1 Å². The van der Waals surface area contributed by atoms with Crippen molar-refractivity contribution in [2.75, 3.05) is 38.0 Å². The van der Waals surface area contributed by atoms with Gasteiger partial charge in [-0.2, -0.15) is 0 Å². The van der Waals surface area contributed by atoms with Gasteiger partial charge < -0.3 is 20.3 Å². The minimum atomic E-state index is -0.655. The number of nitrogens with one attached hydrogen (secondary N) is 2. The van der Waals surface area contributed by atoms with Crippen molar-refractivity contribution >= 4 is 23.6 Å². The Morgan fingerprint density at radius 2 is 1.58 bits per heavy atom. The number of hydrogen-bond acceptors (Lipinski definition) is 5. The van der Waals surface area contributed by atoms with Crippen LogP contribution in [0.25, 0.3) is 0 Å².